The van der Waals surface area contributed by atoms with E-state index in [0.717, 1.165) is 12.8 Å². The van der Waals surface area contributed by atoms with Crippen molar-refractivity contribution in [3.8, 4) is 5.75 Å². The van der Waals surface area contributed by atoms with Crippen molar-refractivity contribution < 1.29 is 33.0 Å². The molecule has 12 nitrogen and oxygen atoms in total. The highest BCUT2D eigenvalue weighted by molar-refractivity contribution is 7.98. The monoisotopic (exact) mass is 723 g/mol. The molecule has 1 aliphatic carbocycles. The summed E-state index contributed by atoms with van der Waals surface area (Å²) in [6.07, 6.45) is 6.33. The topological polar surface area (TPSA) is 148 Å². The molecule has 14 heteroatoms. The summed E-state index contributed by atoms with van der Waals surface area (Å²) in [5.74, 6) is -1.30. The summed E-state index contributed by atoms with van der Waals surface area (Å²) in [4.78, 5) is 66.2. The van der Waals surface area contributed by atoms with Crippen molar-refractivity contribution in [1.29, 1.82) is 0 Å². The first kappa shape index (κ1) is 37.8. The number of rotatable bonds is 16. The molecule has 2 unspecified atom stereocenters. The number of thioether (sulfide) groups is 1. The molecule has 5 rings (SSSR count). The predicted molar refractivity (Wildman–Crippen MR) is 195 cm³/mol. The molecule has 274 valence electrons. The van der Waals surface area contributed by atoms with Crippen LogP contribution in [0.2, 0.25) is 0 Å². The van der Waals surface area contributed by atoms with E-state index in [-0.39, 0.29) is 35.3 Å². The van der Waals surface area contributed by atoms with Gasteiger partial charge in [-0.1, -0.05) is 19.9 Å². The first-order valence-electron chi connectivity index (χ1n) is 17.3. The van der Waals surface area contributed by atoms with Gasteiger partial charge in [0.25, 0.3) is 0 Å². The van der Waals surface area contributed by atoms with Crippen LogP contribution in [0.15, 0.2) is 41.3 Å². The van der Waals surface area contributed by atoms with Gasteiger partial charge in [-0.05, 0) is 79.9 Å². The van der Waals surface area contributed by atoms with Crippen molar-refractivity contribution in [2.75, 3.05) is 43.1 Å². The van der Waals surface area contributed by atoms with Crippen LogP contribution in [-0.4, -0.2) is 79.1 Å². The van der Waals surface area contributed by atoms with Crippen molar-refractivity contribution >= 4 is 52.6 Å². The van der Waals surface area contributed by atoms with Gasteiger partial charge in [0.15, 0.2) is 0 Å². The molecule has 1 aromatic heterocycles. The molecule has 0 spiro atoms. The number of amides is 2. The van der Waals surface area contributed by atoms with Crippen LogP contribution in [0.1, 0.15) is 67.1 Å². The molecule has 0 radical (unpaired) electrons. The number of hydrogen-bond donors (Lipinski definition) is 3. The summed E-state index contributed by atoms with van der Waals surface area (Å²) in [5.41, 5.74) is 1.37. The van der Waals surface area contributed by atoms with Gasteiger partial charge in [0, 0.05) is 49.9 Å². The van der Waals surface area contributed by atoms with E-state index in [1.807, 2.05) is 29.6 Å². The minimum Gasteiger partial charge on any atom is -0.457 e. The van der Waals surface area contributed by atoms with Gasteiger partial charge in [0.05, 0.1) is 11.2 Å². The molecule has 1 saturated carbocycles. The Hall–Kier alpha value is -4.43. The molecule has 2 atom stereocenters. The minimum atomic E-state index is -0.936. The van der Waals surface area contributed by atoms with Crippen molar-refractivity contribution in [3.63, 3.8) is 0 Å². The Morgan fingerprint density at radius 1 is 1.12 bits per heavy atom. The first-order valence-corrected chi connectivity index (χ1v) is 18.7. The lowest BCUT2D eigenvalue weighted by molar-refractivity contribution is -0.140. The molecule has 0 bridgehead atoms. The molecule has 3 aromatic rings. The van der Waals surface area contributed by atoms with Gasteiger partial charge in [-0.2, -0.15) is 11.8 Å². The number of anilines is 1. The van der Waals surface area contributed by atoms with E-state index in [1.54, 1.807) is 43.0 Å². The molecule has 1 saturated heterocycles. The number of esters is 2. The second-order valence-corrected chi connectivity index (χ2v) is 14.5. The van der Waals surface area contributed by atoms with Crippen molar-refractivity contribution in [1.82, 2.24) is 20.5 Å². The van der Waals surface area contributed by atoms with E-state index in [4.69, 9.17) is 9.47 Å². The molecular formula is C37H46FN5O7S. The third-order valence-electron chi connectivity index (χ3n) is 9.04. The second-order valence-electron chi connectivity index (χ2n) is 13.5. The smallest absolute Gasteiger partial charge is 0.343 e. The van der Waals surface area contributed by atoms with E-state index in [0.29, 0.717) is 73.5 Å². The van der Waals surface area contributed by atoms with E-state index >= 15 is 4.39 Å². The molecule has 2 heterocycles. The molecule has 2 amide bonds. The van der Waals surface area contributed by atoms with Gasteiger partial charge >= 0.3 is 11.9 Å². The number of piperazine rings is 1. The maximum Gasteiger partial charge on any atom is 0.343 e. The van der Waals surface area contributed by atoms with Crippen LogP contribution < -0.4 is 31.0 Å². The molecule has 3 N–H and O–H groups in total. The van der Waals surface area contributed by atoms with Gasteiger partial charge in [-0.15, -0.1) is 0 Å². The van der Waals surface area contributed by atoms with E-state index in [9.17, 15) is 24.0 Å². The van der Waals surface area contributed by atoms with Gasteiger partial charge in [-0.25, -0.2) is 14.0 Å². The number of pyridine rings is 1. The van der Waals surface area contributed by atoms with Crippen LogP contribution in [0.3, 0.4) is 0 Å². The number of carbonyl (C=O) groups is 4. The lowest BCUT2D eigenvalue weighted by Gasteiger charge is -2.30. The lowest BCUT2D eigenvalue weighted by Crippen LogP contribution is -2.51. The quantitative estimate of drug-likeness (QED) is 0.113. The molecular weight excluding hydrogens is 677 g/mol. The fourth-order valence-electron chi connectivity index (χ4n) is 6.20. The van der Waals surface area contributed by atoms with Crippen molar-refractivity contribution in [2.45, 2.75) is 71.2 Å². The van der Waals surface area contributed by atoms with Crippen LogP contribution >= 0.6 is 11.8 Å². The zero-order chi connectivity index (χ0) is 36.7. The third-order valence-corrected chi connectivity index (χ3v) is 9.69. The van der Waals surface area contributed by atoms with Crippen LogP contribution in [0.5, 0.6) is 5.75 Å². The number of carbonyl (C=O) groups excluding carboxylic acids is 4. The Labute approximate surface area is 300 Å². The number of benzene rings is 2. The fourth-order valence-corrected chi connectivity index (χ4v) is 6.67. The fraction of sp³-hybridized carbons (Fsp3) is 0.486. The third kappa shape index (κ3) is 9.47. The highest BCUT2D eigenvalue weighted by atomic mass is 32.2. The van der Waals surface area contributed by atoms with Crippen LogP contribution in [0, 0.1) is 18.7 Å². The van der Waals surface area contributed by atoms with Crippen LogP contribution in [0.4, 0.5) is 10.1 Å². The molecule has 2 aliphatic rings. The largest absolute Gasteiger partial charge is 0.457 e. The summed E-state index contributed by atoms with van der Waals surface area (Å²) < 4.78 is 28.4. The van der Waals surface area contributed by atoms with E-state index in [2.05, 4.69) is 16.0 Å². The Bertz CT molecular complexity index is 1820. The number of nitrogens with zero attached hydrogens (tertiary/aromatic N) is 2. The normalized spacial score (nSPS) is 15.7. The van der Waals surface area contributed by atoms with Crippen LogP contribution in [-0.2, 0) is 25.7 Å². The second kappa shape index (κ2) is 17.2. The van der Waals surface area contributed by atoms with E-state index in [1.165, 1.54) is 12.3 Å². The van der Waals surface area contributed by atoms with Gasteiger partial charge < -0.3 is 34.9 Å². The number of hydrogen-bond acceptors (Lipinski definition) is 10. The lowest BCUT2D eigenvalue weighted by atomic mass is 10.0. The number of halogens is 1. The van der Waals surface area contributed by atoms with Crippen LogP contribution in [0.25, 0.3) is 10.9 Å². The molecule has 1 aliphatic heterocycles. The maximum atomic E-state index is 15.3. The average molecular weight is 724 g/mol. The maximum absolute atomic E-state index is 15.3. The minimum absolute atomic E-state index is 0.0658. The highest BCUT2D eigenvalue weighted by Crippen LogP contribution is 2.38. The Morgan fingerprint density at radius 3 is 2.51 bits per heavy atom. The first-order chi connectivity index (χ1) is 24.5. The Morgan fingerprint density at radius 2 is 1.86 bits per heavy atom. The zero-order valence-electron chi connectivity index (χ0n) is 29.5. The molecule has 2 aromatic carbocycles. The summed E-state index contributed by atoms with van der Waals surface area (Å²) in [6.45, 7) is 8.06. The van der Waals surface area contributed by atoms with E-state index < -0.39 is 41.2 Å². The summed E-state index contributed by atoms with van der Waals surface area (Å²) >= 11 is 1.54. The molecule has 2 fully saturated rings. The number of fused-ring (bicyclic) bond motifs is 1. The van der Waals surface area contributed by atoms with Gasteiger partial charge in [0.2, 0.25) is 17.7 Å². The SMILES string of the molecule is CSCCC(NC=O)C(=O)NC(CC(C)C)C(=O)Oc1ccc(COC(=O)c2cn(C3CC3)c3cc(F)c(N4CCNCC4)cc3c2=O)cc1C. The number of nitrogens with one attached hydrogen (secondary N) is 3. The summed E-state index contributed by atoms with van der Waals surface area (Å²) in [5, 5.41) is 8.77. The number of aromatic nitrogens is 1. The molecule has 51 heavy (non-hydrogen) atoms. The number of aryl methyl sites for hydroxylation is 1. The Kier molecular flexibility index (Phi) is 12.7. The zero-order valence-corrected chi connectivity index (χ0v) is 30.3. The average Bonchev–Trinajstić information content (AvgIpc) is 3.95. The number of ether oxygens (including phenoxy) is 2. The highest BCUT2D eigenvalue weighted by Gasteiger charge is 2.30. The van der Waals surface area contributed by atoms with Crippen molar-refractivity contribution in [3.05, 3.63) is 69.3 Å². The van der Waals surface area contributed by atoms with Crippen molar-refractivity contribution in [2.24, 2.45) is 5.92 Å². The summed E-state index contributed by atoms with van der Waals surface area (Å²) in [6, 6.07) is 6.26. The Balaban J connectivity index is 1.28. The van der Waals surface area contributed by atoms with Gasteiger partial charge in [0.1, 0.15) is 35.8 Å². The summed E-state index contributed by atoms with van der Waals surface area (Å²) in [7, 11) is 0. The standard InChI is InChI=1S/C37H46FN5O7S/c1-22(2)15-30(41-35(46)29(40-21-44)9-14-51-4)37(48)50-33-8-5-24(16-23(33)3)20-49-36(47)27-19-43(25-6-7-25)31-18-28(38)32(17-26(31)34(27)45)42-12-10-39-11-13-42/h5,8,16-19,21-22,25,29-30,39H,6-7,9-15,20H2,1-4H3,(H,40,44)(H,41,46). The van der Waals surface area contributed by atoms with Gasteiger partial charge in [-0.3, -0.25) is 14.4 Å². The predicted octanol–water partition coefficient (Wildman–Crippen LogP) is 3.85.